The number of allylic oxidation sites excluding steroid dienone is 1. The van der Waals surface area contributed by atoms with Crippen LogP contribution in [0.25, 0.3) is 0 Å². The fourth-order valence-electron chi connectivity index (χ4n) is 0.977. The summed E-state index contributed by atoms with van der Waals surface area (Å²) in [5.74, 6) is -1.84. The van der Waals surface area contributed by atoms with E-state index in [2.05, 4.69) is 6.58 Å². The molecule has 0 aromatic heterocycles. The molecule has 4 nitrogen and oxygen atoms in total. The SMILES string of the molecule is C=CCCC(C)(C(=O)O)C(=O)OCC. The van der Waals surface area contributed by atoms with Crippen LogP contribution in [0.1, 0.15) is 26.7 Å². The normalized spacial score (nSPS) is 14.1. The van der Waals surface area contributed by atoms with Crippen LogP contribution >= 0.6 is 0 Å². The molecule has 0 spiro atoms. The Balaban J connectivity index is 4.61. The van der Waals surface area contributed by atoms with Gasteiger partial charge in [0.1, 0.15) is 0 Å². The van der Waals surface area contributed by atoms with E-state index in [0.29, 0.717) is 6.42 Å². The van der Waals surface area contributed by atoms with Crippen molar-refractivity contribution in [2.75, 3.05) is 6.61 Å². The van der Waals surface area contributed by atoms with Crippen LogP contribution in [0.15, 0.2) is 12.7 Å². The molecule has 1 N–H and O–H groups in total. The second kappa shape index (κ2) is 5.42. The van der Waals surface area contributed by atoms with Crippen molar-refractivity contribution >= 4 is 11.9 Å². The molecule has 0 aromatic rings. The Bertz CT molecular complexity index is 234. The molecule has 1 atom stereocenters. The van der Waals surface area contributed by atoms with Gasteiger partial charge in [-0.15, -0.1) is 6.58 Å². The van der Waals surface area contributed by atoms with Crippen LogP contribution in [0.5, 0.6) is 0 Å². The van der Waals surface area contributed by atoms with Gasteiger partial charge in [-0.25, -0.2) is 0 Å². The first-order valence-corrected chi connectivity index (χ1v) is 4.50. The van der Waals surface area contributed by atoms with Gasteiger partial charge in [0.15, 0.2) is 5.41 Å². The Morgan fingerprint density at radius 2 is 2.14 bits per heavy atom. The van der Waals surface area contributed by atoms with Crippen molar-refractivity contribution in [3.05, 3.63) is 12.7 Å². The quantitative estimate of drug-likeness (QED) is 0.402. The summed E-state index contributed by atoms with van der Waals surface area (Å²) in [7, 11) is 0. The predicted octanol–water partition coefficient (Wildman–Crippen LogP) is 1.61. The van der Waals surface area contributed by atoms with Gasteiger partial charge in [0.2, 0.25) is 0 Å². The van der Waals surface area contributed by atoms with Crippen LogP contribution in [0.3, 0.4) is 0 Å². The third-order valence-electron chi connectivity index (χ3n) is 2.05. The van der Waals surface area contributed by atoms with E-state index in [1.54, 1.807) is 13.0 Å². The Hall–Kier alpha value is -1.32. The molecule has 0 heterocycles. The zero-order valence-corrected chi connectivity index (χ0v) is 8.58. The van der Waals surface area contributed by atoms with Crippen molar-refractivity contribution in [2.45, 2.75) is 26.7 Å². The van der Waals surface area contributed by atoms with Crippen molar-refractivity contribution in [3.8, 4) is 0 Å². The van der Waals surface area contributed by atoms with Crippen LogP contribution in [-0.2, 0) is 14.3 Å². The van der Waals surface area contributed by atoms with Crippen molar-refractivity contribution < 1.29 is 19.4 Å². The van der Waals surface area contributed by atoms with E-state index >= 15 is 0 Å². The summed E-state index contributed by atoms with van der Waals surface area (Å²) < 4.78 is 4.71. The first-order chi connectivity index (χ1) is 6.49. The lowest BCUT2D eigenvalue weighted by Crippen LogP contribution is -2.37. The molecule has 1 unspecified atom stereocenters. The Kier molecular flexibility index (Phi) is 4.91. The summed E-state index contributed by atoms with van der Waals surface area (Å²) in [6.07, 6.45) is 2.27. The first-order valence-electron chi connectivity index (χ1n) is 4.50. The number of aliphatic carboxylic acids is 1. The highest BCUT2D eigenvalue weighted by Gasteiger charge is 2.41. The number of carbonyl (C=O) groups excluding carboxylic acids is 1. The van der Waals surface area contributed by atoms with Crippen LogP contribution in [0.4, 0.5) is 0 Å². The molecule has 0 amide bonds. The predicted molar refractivity (Wildman–Crippen MR) is 51.8 cm³/mol. The highest BCUT2D eigenvalue weighted by molar-refractivity contribution is 5.98. The van der Waals surface area contributed by atoms with Gasteiger partial charge in [0, 0.05) is 0 Å². The lowest BCUT2D eigenvalue weighted by molar-refractivity contribution is -0.167. The van der Waals surface area contributed by atoms with Crippen LogP contribution in [0.2, 0.25) is 0 Å². The molecule has 0 saturated heterocycles. The number of ether oxygens (including phenoxy) is 1. The summed E-state index contributed by atoms with van der Waals surface area (Å²) in [5, 5.41) is 8.92. The van der Waals surface area contributed by atoms with E-state index in [1.807, 2.05) is 0 Å². The van der Waals surface area contributed by atoms with Gasteiger partial charge in [-0.1, -0.05) is 6.08 Å². The topological polar surface area (TPSA) is 63.6 Å². The average molecular weight is 200 g/mol. The minimum Gasteiger partial charge on any atom is -0.480 e. The molecule has 4 heteroatoms. The van der Waals surface area contributed by atoms with Gasteiger partial charge in [0.05, 0.1) is 6.61 Å². The molecule has 14 heavy (non-hydrogen) atoms. The number of carboxylic acid groups (broad SMARTS) is 1. The lowest BCUT2D eigenvalue weighted by Gasteiger charge is -2.21. The molecular weight excluding hydrogens is 184 g/mol. The van der Waals surface area contributed by atoms with Crippen LogP contribution in [0, 0.1) is 5.41 Å². The zero-order chi connectivity index (χ0) is 11.2. The van der Waals surface area contributed by atoms with Gasteiger partial charge in [-0.3, -0.25) is 9.59 Å². The molecule has 0 radical (unpaired) electrons. The van der Waals surface area contributed by atoms with E-state index in [4.69, 9.17) is 9.84 Å². The van der Waals surface area contributed by atoms with Gasteiger partial charge in [-0.2, -0.15) is 0 Å². The molecule has 0 aliphatic rings. The zero-order valence-electron chi connectivity index (χ0n) is 8.58. The van der Waals surface area contributed by atoms with Crippen molar-refractivity contribution in [3.63, 3.8) is 0 Å². The third kappa shape index (κ3) is 2.87. The minimum atomic E-state index is -1.45. The van der Waals surface area contributed by atoms with Gasteiger partial charge in [-0.05, 0) is 26.7 Å². The molecule has 0 saturated carbocycles. The second-order valence-electron chi connectivity index (χ2n) is 3.19. The maximum Gasteiger partial charge on any atom is 0.323 e. The van der Waals surface area contributed by atoms with Crippen molar-refractivity contribution in [1.29, 1.82) is 0 Å². The smallest absolute Gasteiger partial charge is 0.323 e. The summed E-state index contributed by atoms with van der Waals surface area (Å²) in [5.41, 5.74) is -1.45. The monoisotopic (exact) mass is 200 g/mol. The minimum absolute atomic E-state index is 0.190. The summed E-state index contributed by atoms with van der Waals surface area (Å²) in [6.45, 7) is 6.69. The number of hydrogen-bond acceptors (Lipinski definition) is 3. The highest BCUT2D eigenvalue weighted by atomic mass is 16.5. The molecule has 0 aliphatic heterocycles. The Morgan fingerprint density at radius 1 is 1.57 bits per heavy atom. The van der Waals surface area contributed by atoms with Crippen LogP contribution < -0.4 is 0 Å². The summed E-state index contributed by atoms with van der Waals surface area (Å²) in [4.78, 5) is 22.3. The Labute approximate surface area is 83.6 Å². The van der Waals surface area contributed by atoms with E-state index in [9.17, 15) is 9.59 Å². The second-order valence-corrected chi connectivity index (χ2v) is 3.19. The van der Waals surface area contributed by atoms with E-state index < -0.39 is 17.4 Å². The van der Waals surface area contributed by atoms with E-state index in [-0.39, 0.29) is 13.0 Å². The molecule has 0 bridgehead atoms. The fourth-order valence-corrected chi connectivity index (χ4v) is 0.977. The van der Waals surface area contributed by atoms with E-state index in [1.165, 1.54) is 6.92 Å². The standard InChI is InChI=1S/C10H16O4/c1-4-6-7-10(3,8(11)12)9(13)14-5-2/h4H,1,5-7H2,2-3H3,(H,11,12). The Morgan fingerprint density at radius 3 is 2.50 bits per heavy atom. The maximum absolute atomic E-state index is 11.4. The molecule has 0 fully saturated rings. The van der Waals surface area contributed by atoms with Gasteiger partial charge >= 0.3 is 11.9 Å². The van der Waals surface area contributed by atoms with Crippen molar-refractivity contribution in [2.24, 2.45) is 5.41 Å². The summed E-state index contributed by atoms with van der Waals surface area (Å²) in [6, 6.07) is 0. The number of carbonyl (C=O) groups is 2. The van der Waals surface area contributed by atoms with Gasteiger partial charge in [0.25, 0.3) is 0 Å². The molecule has 0 aliphatic carbocycles. The van der Waals surface area contributed by atoms with E-state index in [0.717, 1.165) is 0 Å². The average Bonchev–Trinajstić information content (AvgIpc) is 2.14. The van der Waals surface area contributed by atoms with Gasteiger partial charge < -0.3 is 9.84 Å². The maximum atomic E-state index is 11.4. The molecular formula is C10H16O4. The fraction of sp³-hybridized carbons (Fsp3) is 0.600. The number of rotatable bonds is 6. The molecule has 0 rings (SSSR count). The highest BCUT2D eigenvalue weighted by Crippen LogP contribution is 2.25. The lowest BCUT2D eigenvalue weighted by atomic mass is 9.85. The number of hydrogen-bond donors (Lipinski definition) is 1. The molecule has 80 valence electrons. The largest absolute Gasteiger partial charge is 0.480 e. The molecule has 0 aromatic carbocycles. The summed E-state index contributed by atoms with van der Waals surface area (Å²) >= 11 is 0. The number of esters is 1. The third-order valence-corrected chi connectivity index (χ3v) is 2.05. The van der Waals surface area contributed by atoms with Crippen LogP contribution in [-0.4, -0.2) is 23.7 Å². The number of carboxylic acids is 1. The first kappa shape index (κ1) is 12.7. The van der Waals surface area contributed by atoms with Crippen molar-refractivity contribution in [1.82, 2.24) is 0 Å².